The number of carbonyl (C=O) groups is 2. The van der Waals surface area contributed by atoms with Gasteiger partial charge in [0, 0.05) is 0 Å². The van der Waals surface area contributed by atoms with Crippen molar-refractivity contribution < 1.29 is 18.7 Å². The SMILES string of the molecule is O=C(NCC1=NC2(CCCCC2)C(=O)O1)c1ccco1. The van der Waals surface area contributed by atoms with Gasteiger partial charge in [-0.3, -0.25) is 4.79 Å². The largest absolute Gasteiger partial charge is 0.459 e. The van der Waals surface area contributed by atoms with Crippen molar-refractivity contribution in [3.05, 3.63) is 24.2 Å². The predicted molar refractivity (Wildman–Crippen MR) is 70.4 cm³/mol. The summed E-state index contributed by atoms with van der Waals surface area (Å²) in [5.41, 5.74) is -0.691. The molecule has 20 heavy (non-hydrogen) atoms. The normalized spacial score (nSPS) is 20.6. The van der Waals surface area contributed by atoms with E-state index in [-0.39, 0.29) is 30.1 Å². The van der Waals surface area contributed by atoms with Crippen LogP contribution in [0.1, 0.15) is 42.7 Å². The minimum absolute atomic E-state index is 0.104. The standard InChI is InChI=1S/C14H16N2O4/c17-12(10-5-4-8-19-10)15-9-11-16-14(13(18)20-11)6-2-1-3-7-14/h4-5,8H,1-3,6-7,9H2,(H,15,17). The summed E-state index contributed by atoms with van der Waals surface area (Å²) in [6.07, 6.45) is 6.02. The lowest BCUT2D eigenvalue weighted by atomic mass is 9.83. The van der Waals surface area contributed by atoms with Gasteiger partial charge >= 0.3 is 5.97 Å². The van der Waals surface area contributed by atoms with Crippen LogP contribution in [0.15, 0.2) is 27.8 Å². The predicted octanol–water partition coefficient (Wildman–Crippen LogP) is 1.67. The summed E-state index contributed by atoms with van der Waals surface area (Å²) in [5.74, 6) is -0.114. The van der Waals surface area contributed by atoms with Crippen LogP contribution in [0.3, 0.4) is 0 Å². The van der Waals surface area contributed by atoms with E-state index in [4.69, 9.17) is 9.15 Å². The summed E-state index contributed by atoms with van der Waals surface area (Å²) < 4.78 is 10.2. The summed E-state index contributed by atoms with van der Waals surface area (Å²) in [6.45, 7) is 0.104. The van der Waals surface area contributed by atoms with Crippen molar-refractivity contribution in [2.24, 2.45) is 4.99 Å². The van der Waals surface area contributed by atoms with E-state index in [2.05, 4.69) is 10.3 Å². The third-order valence-corrected chi connectivity index (χ3v) is 3.76. The van der Waals surface area contributed by atoms with Gasteiger partial charge in [-0.1, -0.05) is 19.3 Å². The number of cyclic esters (lactones) is 1. The zero-order valence-electron chi connectivity index (χ0n) is 11.1. The average molecular weight is 276 g/mol. The number of hydrogen-bond acceptors (Lipinski definition) is 5. The fourth-order valence-electron chi connectivity index (χ4n) is 2.69. The molecule has 106 valence electrons. The molecule has 0 unspecified atom stereocenters. The van der Waals surface area contributed by atoms with Gasteiger partial charge in [-0.25, -0.2) is 9.79 Å². The van der Waals surface area contributed by atoms with Crippen LogP contribution in [0.4, 0.5) is 0 Å². The number of esters is 1. The number of nitrogens with one attached hydrogen (secondary N) is 1. The Labute approximate surface area is 116 Å². The highest BCUT2D eigenvalue weighted by Gasteiger charge is 2.46. The smallest absolute Gasteiger partial charge is 0.340 e. The Hall–Kier alpha value is -2.11. The van der Waals surface area contributed by atoms with Crippen molar-refractivity contribution in [1.29, 1.82) is 0 Å². The Kier molecular flexibility index (Phi) is 3.30. The summed E-state index contributed by atoms with van der Waals surface area (Å²) in [7, 11) is 0. The molecular formula is C14H16N2O4. The van der Waals surface area contributed by atoms with E-state index < -0.39 is 5.54 Å². The Morgan fingerprint density at radius 2 is 2.15 bits per heavy atom. The van der Waals surface area contributed by atoms with Gasteiger partial charge in [-0.15, -0.1) is 0 Å². The lowest BCUT2D eigenvalue weighted by Crippen LogP contribution is -2.35. The number of hydrogen-bond donors (Lipinski definition) is 1. The Bertz CT molecular complexity index is 542. The summed E-state index contributed by atoms with van der Waals surface area (Å²) in [4.78, 5) is 28.1. The molecule has 1 N–H and O–H groups in total. The van der Waals surface area contributed by atoms with Crippen LogP contribution >= 0.6 is 0 Å². The van der Waals surface area contributed by atoms with Crippen molar-refractivity contribution in [2.45, 2.75) is 37.6 Å². The molecule has 3 rings (SSSR count). The maximum Gasteiger partial charge on any atom is 0.340 e. The molecule has 2 aliphatic rings. The number of nitrogens with zero attached hydrogens (tertiary/aromatic N) is 1. The summed E-state index contributed by atoms with van der Waals surface area (Å²) >= 11 is 0. The van der Waals surface area contributed by atoms with Gasteiger partial charge in [-0.2, -0.15) is 0 Å². The average Bonchev–Trinajstić information content (AvgIpc) is 3.07. The molecule has 0 aromatic carbocycles. The topological polar surface area (TPSA) is 80.9 Å². The van der Waals surface area contributed by atoms with Gasteiger partial charge in [-0.05, 0) is 25.0 Å². The highest BCUT2D eigenvalue weighted by molar-refractivity contribution is 6.02. The summed E-state index contributed by atoms with van der Waals surface area (Å²) in [5, 5.41) is 2.63. The molecule has 0 saturated heterocycles. The third kappa shape index (κ3) is 2.33. The number of amides is 1. The fraction of sp³-hybridized carbons (Fsp3) is 0.500. The lowest BCUT2D eigenvalue weighted by Gasteiger charge is -2.25. The number of ether oxygens (including phenoxy) is 1. The van der Waals surface area contributed by atoms with Crippen LogP contribution in [-0.4, -0.2) is 29.9 Å². The monoisotopic (exact) mass is 276 g/mol. The first kappa shape index (κ1) is 12.9. The van der Waals surface area contributed by atoms with Crippen LogP contribution in [-0.2, 0) is 9.53 Å². The molecule has 2 heterocycles. The van der Waals surface area contributed by atoms with Crippen LogP contribution in [0, 0.1) is 0 Å². The maximum absolute atomic E-state index is 12.0. The van der Waals surface area contributed by atoms with Gasteiger partial charge in [0.25, 0.3) is 5.91 Å². The minimum Gasteiger partial charge on any atom is -0.459 e. The molecule has 1 aromatic heterocycles. The molecule has 1 aliphatic carbocycles. The van der Waals surface area contributed by atoms with Gasteiger partial charge in [0.1, 0.15) is 0 Å². The number of aliphatic imine (C=N–C) groups is 1. The quantitative estimate of drug-likeness (QED) is 0.851. The first-order valence-electron chi connectivity index (χ1n) is 6.82. The second-order valence-corrected chi connectivity index (χ2v) is 5.15. The van der Waals surface area contributed by atoms with Crippen molar-refractivity contribution in [3.63, 3.8) is 0 Å². The van der Waals surface area contributed by atoms with Crippen molar-refractivity contribution in [1.82, 2.24) is 5.32 Å². The van der Waals surface area contributed by atoms with Crippen LogP contribution < -0.4 is 5.32 Å². The van der Waals surface area contributed by atoms with Crippen molar-refractivity contribution in [3.8, 4) is 0 Å². The molecule has 1 aromatic rings. The van der Waals surface area contributed by atoms with Gasteiger partial charge < -0.3 is 14.5 Å². The van der Waals surface area contributed by atoms with Crippen LogP contribution in [0.2, 0.25) is 0 Å². The molecule has 0 radical (unpaired) electrons. The molecule has 0 bridgehead atoms. The van der Waals surface area contributed by atoms with E-state index in [0.717, 1.165) is 32.1 Å². The highest BCUT2D eigenvalue weighted by Crippen LogP contribution is 2.36. The van der Waals surface area contributed by atoms with E-state index in [0.29, 0.717) is 0 Å². The third-order valence-electron chi connectivity index (χ3n) is 3.76. The zero-order valence-corrected chi connectivity index (χ0v) is 11.1. The van der Waals surface area contributed by atoms with Gasteiger partial charge in [0.05, 0.1) is 12.8 Å². The van der Waals surface area contributed by atoms with Crippen molar-refractivity contribution >= 4 is 17.8 Å². The molecule has 1 spiro atoms. The van der Waals surface area contributed by atoms with E-state index in [9.17, 15) is 9.59 Å². The number of carbonyl (C=O) groups excluding carboxylic acids is 2. The first-order chi connectivity index (χ1) is 9.70. The number of rotatable bonds is 3. The Morgan fingerprint density at radius 3 is 2.85 bits per heavy atom. The first-order valence-corrected chi connectivity index (χ1v) is 6.82. The Morgan fingerprint density at radius 1 is 1.35 bits per heavy atom. The van der Waals surface area contributed by atoms with Crippen molar-refractivity contribution in [2.75, 3.05) is 6.54 Å². The molecule has 1 fully saturated rings. The fourth-order valence-corrected chi connectivity index (χ4v) is 2.69. The Balaban J connectivity index is 1.62. The van der Waals surface area contributed by atoms with Crippen LogP contribution in [0.25, 0.3) is 0 Å². The second-order valence-electron chi connectivity index (χ2n) is 5.15. The second kappa shape index (κ2) is 5.11. The van der Waals surface area contributed by atoms with E-state index in [1.165, 1.54) is 6.26 Å². The molecule has 1 saturated carbocycles. The highest BCUT2D eigenvalue weighted by atomic mass is 16.6. The zero-order chi connectivity index (χ0) is 14.0. The van der Waals surface area contributed by atoms with E-state index >= 15 is 0 Å². The lowest BCUT2D eigenvalue weighted by molar-refractivity contribution is -0.140. The molecule has 1 amide bonds. The molecule has 1 aliphatic heterocycles. The van der Waals surface area contributed by atoms with Gasteiger partial charge in [0.15, 0.2) is 11.3 Å². The molecule has 6 nitrogen and oxygen atoms in total. The maximum atomic E-state index is 12.0. The van der Waals surface area contributed by atoms with E-state index in [1.54, 1.807) is 12.1 Å². The summed E-state index contributed by atoms with van der Waals surface area (Å²) in [6, 6.07) is 3.21. The number of furan rings is 1. The van der Waals surface area contributed by atoms with E-state index in [1.807, 2.05) is 0 Å². The van der Waals surface area contributed by atoms with Gasteiger partial charge in [0.2, 0.25) is 5.90 Å². The minimum atomic E-state index is -0.691. The molecular weight excluding hydrogens is 260 g/mol. The molecule has 6 heteroatoms. The molecule has 0 atom stereocenters. The van der Waals surface area contributed by atoms with Crippen LogP contribution in [0.5, 0.6) is 0 Å².